The summed E-state index contributed by atoms with van der Waals surface area (Å²) in [5.41, 5.74) is 0.468. The Kier molecular flexibility index (Phi) is 5.71. The number of hydrogen-bond donors (Lipinski definition) is 2. The fourth-order valence-corrected chi connectivity index (χ4v) is 3.91. The third-order valence-electron chi connectivity index (χ3n) is 4.11. The van der Waals surface area contributed by atoms with Gasteiger partial charge in [-0.25, -0.2) is 0 Å². The molecule has 1 aliphatic heterocycles. The quantitative estimate of drug-likeness (QED) is 0.849. The highest BCUT2D eigenvalue weighted by Crippen LogP contribution is 2.27. The lowest BCUT2D eigenvalue weighted by Crippen LogP contribution is -2.45. The molecule has 21 heavy (non-hydrogen) atoms. The van der Waals surface area contributed by atoms with E-state index in [9.17, 15) is 9.90 Å². The second-order valence-corrected chi connectivity index (χ2v) is 7.39. The van der Waals surface area contributed by atoms with Crippen LogP contribution >= 0.6 is 11.8 Å². The van der Waals surface area contributed by atoms with E-state index in [0.717, 1.165) is 24.3 Å². The highest BCUT2D eigenvalue weighted by Gasteiger charge is 2.33. The number of rotatable bonds is 6. The van der Waals surface area contributed by atoms with E-state index in [1.807, 2.05) is 18.2 Å². The van der Waals surface area contributed by atoms with Gasteiger partial charge < -0.3 is 10.4 Å². The molecular weight excluding hydrogens is 282 g/mol. The van der Waals surface area contributed by atoms with Crippen molar-refractivity contribution in [3.63, 3.8) is 0 Å². The molecule has 0 bridgehead atoms. The van der Waals surface area contributed by atoms with E-state index in [0.29, 0.717) is 6.54 Å². The zero-order chi connectivity index (χ0) is 15.3. The summed E-state index contributed by atoms with van der Waals surface area (Å²) in [5.74, 6) is 1.98. The number of aliphatic hydroxyl groups is 1. The third-order valence-corrected chi connectivity index (χ3v) is 5.35. The highest BCUT2D eigenvalue weighted by molar-refractivity contribution is 7.99. The van der Waals surface area contributed by atoms with Gasteiger partial charge >= 0.3 is 0 Å². The Balaban J connectivity index is 1.93. The Bertz CT molecular complexity index is 455. The molecule has 4 heteroatoms. The van der Waals surface area contributed by atoms with Gasteiger partial charge in [0.25, 0.3) is 0 Å². The molecule has 1 saturated heterocycles. The molecule has 0 aromatic heterocycles. The van der Waals surface area contributed by atoms with E-state index in [4.69, 9.17) is 0 Å². The van der Waals surface area contributed by atoms with Gasteiger partial charge in [0.05, 0.1) is 5.60 Å². The first-order chi connectivity index (χ1) is 10.0. The molecule has 3 nitrogen and oxygen atoms in total. The lowest BCUT2D eigenvalue weighted by molar-refractivity contribution is -0.127. The molecule has 2 N–H and O–H groups in total. The molecule has 2 rings (SSSR count). The van der Waals surface area contributed by atoms with Gasteiger partial charge in [-0.05, 0) is 30.1 Å². The van der Waals surface area contributed by atoms with E-state index in [2.05, 4.69) is 31.3 Å². The first-order valence-corrected chi connectivity index (χ1v) is 8.77. The number of benzene rings is 1. The second kappa shape index (κ2) is 7.32. The monoisotopic (exact) mass is 307 g/mol. The van der Waals surface area contributed by atoms with Gasteiger partial charge in [-0.2, -0.15) is 11.8 Å². The predicted molar refractivity (Wildman–Crippen MR) is 88.4 cm³/mol. The normalized spacial score (nSPS) is 23.2. The van der Waals surface area contributed by atoms with Gasteiger partial charge in [0.15, 0.2) is 0 Å². The van der Waals surface area contributed by atoms with Crippen molar-refractivity contribution >= 4 is 17.7 Å². The highest BCUT2D eigenvalue weighted by atomic mass is 32.2. The summed E-state index contributed by atoms with van der Waals surface area (Å²) in [6, 6.07) is 10.1. The Morgan fingerprint density at radius 2 is 2.10 bits per heavy atom. The van der Waals surface area contributed by atoms with Crippen LogP contribution < -0.4 is 5.32 Å². The maximum absolute atomic E-state index is 12.5. The van der Waals surface area contributed by atoms with E-state index >= 15 is 0 Å². The number of amides is 1. The summed E-state index contributed by atoms with van der Waals surface area (Å²) in [6.45, 7) is 4.53. The molecule has 1 aliphatic rings. The molecule has 2 unspecified atom stereocenters. The maximum atomic E-state index is 12.5. The van der Waals surface area contributed by atoms with Crippen molar-refractivity contribution in [2.75, 3.05) is 18.1 Å². The van der Waals surface area contributed by atoms with Crippen LogP contribution in [0.15, 0.2) is 30.3 Å². The number of hydrogen-bond acceptors (Lipinski definition) is 3. The zero-order valence-corrected chi connectivity index (χ0v) is 13.7. The van der Waals surface area contributed by atoms with Crippen LogP contribution in [0.4, 0.5) is 0 Å². The summed E-state index contributed by atoms with van der Waals surface area (Å²) in [7, 11) is 0. The molecule has 0 radical (unpaired) electrons. The molecule has 0 aliphatic carbocycles. The number of carbonyl (C=O) groups is 1. The fraction of sp³-hybridized carbons (Fsp3) is 0.588. The lowest BCUT2D eigenvalue weighted by atomic mass is 9.88. The molecule has 1 fully saturated rings. The fourth-order valence-electron chi connectivity index (χ4n) is 2.62. The topological polar surface area (TPSA) is 49.3 Å². The maximum Gasteiger partial charge on any atom is 0.223 e. The van der Waals surface area contributed by atoms with Crippen LogP contribution in [0.3, 0.4) is 0 Å². The second-order valence-electron chi connectivity index (χ2n) is 6.28. The zero-order valence-electron chi connectivity index (χ0n) is 12.8. The van der Waals surface area contributed by atoms with E-state index < -0.39 is 5.60 Å². The summed E-state index contributed by atoms with van der Waals surface area (Å²) >= 11 is 1.75. The molecule has 2 atom stereocenters. The van der Waals surface area contributed by atoms with Crippen molar-refractivity contribution in [1.82, 2.24) is 5.32 Å². The largest absolute Gasteiger partial charge is 0.387 e. The summed E-state index contributed by atoms with van der Waals surface area (Å²) in [6.07, 6.45) is 1.51. The SMILES string of the molecule is CC(C)C(Cc1ccccc1)C(=O)NCC1(O)CCSC1. The van der Waals surface area contributed by atoms with Crippen molar-refractivity contribution in [2.24, 2.45) is 11.8 Å². The van der Waals surface area contributed by atoms with Gasteiger partial charge in [-0.15, -0.1) is 0 Å². The summed E-state index contributed by atoms with van der Waals surface area (Å²) in [4.78, 5) is 12.5. The first kappa shape index (κ1) is 16.4. The van der Waals surface area contributed by atoms with Crippen molar-refractivity contribution < 1.29 is 9.90 Å². The van der Waals surface area contributed by atoms with E-state index in [1.165, 1.54) is 5.56 Å². The minimum Gasteiger partial charge on any atom is -0.387 e. The molecule has 1 aromatic carbocycles. The van der Waals surface area contributed by atoms with Crippen molar-refractivity contribution in [1.29, 1.82) is 0 Å². The van der Waals surface area contributed by atoms with Gasteiger partial charge in [0.2, 0.25) is 5.91 Å². The average molecular weight is 307 g/mol. The molecule has 1 heterocycles. The number of carbonyl (C=O) groups excluding carboxylic acids is 1. The number of nitrogens with one attached hydrogen (secondary N) is 1. The molecule has 1 amide bonds. The van der Waals surface area contributed by atoms with Crippen LogP contribution in [0.5, 0.6) is 0 Å². The van der Waals surface area contributed by atoms with E-state index in [-0.39, 0.29) is 17.7 Å². The Hall–Kier alpha value is -1.00. The van der Waals surface area contributed by atoms with Crippen LogP contribution in [0.2, 0.25) is 0 Å². The minimum absolute atomic E-state index is 0.0509. The average Bonchev–Trinajstić information content (AvgIpc) is 2.90. The third kappa shape index (κ3) is 4.75. The molecule has 116 valence electrons. The Morgan fingerprint density at radius 3 is 2.67 bits per heavy atom. The standard InChI is InChI=1S/C17H25NO2S/c1-13(2)15(10-14-6-4-3-5-7-14)16(19)18-11-17(20)8-9-21-12-17/h3-7,13,15,20H,8-12H2,1-2H3,(H,18,19). The van der Waals surface area contributed by atoms with Gasteiger partial charge in [-0.1, -0.05) is 44.2 Å². The molecular formula is C17H25NO2S. The van der Waals surface area contributed by atoms with Gasteiger partial charge in [0, 0.05) is 18.2 Å². The van der Waals surface area contributed by atoms with Gasteiger partial charge in [-0.3, -0.25) is 4.79 Å². The van der Waals surface area contributed by atoms with Crippen molar-refractivity contribution in [2.45, 2.75) is 32.3 Å². The first-order valence-electron chi connectivity index (χ1n) is 7.62. The number of thioether (sulfide) groups is 1. The van der Waals surface area contributed by atoms with Crippen LogP contribution in [-0.2, 0) is 11.2 Å². The van der Waals surface area contributed by atoms with E-state index in [1.54, 1.807) is 11.8 Å². The summed E-state index contributed by atoms with van der Waals surface area (Å²) in [5, 5.41) is 13.3. The lowest BCUT2D eigenvalue weighted by Gasteiger charge is -2.25. The van der Waals surface area contributed by atoms with Crippen LogP contribution in [-0.4, -0.2) is 34.7 Å². The molecule has 0 saturated carbocycles. The van der Waals surface area contributed by atoms with Crippen LogP contribution in [0, 0.1) is 11.8 Å². The van der Waals surface area contributed by atoms with Gasteiger partial charge in [0.1, 0.15) is 0 Å². The van der Waals surface area contributed by atoms with Crippen molar-refractivity contribution in [3.8, 4) is 0 Å². The smallest absolute Gasteiger partial charge is 0.223 e. The predicted octanol–water partition coefficient (Wildman–Crippen LogP) is 2.49. The minimum atomic E-state index is -0.714. The molecule has 1 aromatic rings. The Morgan fingerprint density at radius 1 is 1.38 bits per heavy atom. The van der Waals surface area contributed by atoms with Crippen LogP contribution in [0.1, 0.15) is 25.8 Å². The Labute approximate surface area is 131 Å². The summed E-state index contributed by atoms with van der Waals surface area (Å²) < 4.78 is 0. The molecule has 0 spiro atoms. The van der Waals surface area contributed by atoms with Crippen LogP contribution in [0.25, 0.3) is 0 Å². The van der Waals surface area contributed by atoms with Crippen molar-refractivity contribution in [3.05, 3.63) is 35.9 Å².